The Hall–Kier alpha value is -0.120. The smallest absolute Gasteiger partial charge is 0.0200 e. The Morgan fingerprint density at radius 3 is 2.67 bits per heavy atom. The fraction of sp³-hybridized carbons (Fsp3) is 1.00. The number of likely N-dealkylation sites (tertiary alicyclic amines) is 1. The molecule has 2 atom stereocenters. The van der Waals surface area contributed by atoms with Gasteiger partial charge in [-0.2, -0.15) is 0 Å². The lowest BCUT2D eigenvalue weighted by molar-refractivity contribution is 0.141. The summed E-state index contributed by atoms with van der Waals surface area (Å²) in [4.78, 5) is 2.54. The van der Waals surface area contributed by atoms with Crippen molar-refractivity contribution in [3.63, 3.8) is 0 Å². The van der Waals surface area contributed by atoms with E-state index in [9.17, 15) is 0 Å². The Labute approximate surface area is 93.4 Å². The van der Waals surface area contributed by atoms with Crippen LogP contribution in [0.25, 0.3) is 0 Å². The largest absolute Gasteiger partial charge is 0.329 e. The van der Waals surface area contributed by atoms with Crippen molar-refractivity contribution < 1.29 is 0 Å². The maximum atomic E-state index is 5.64. The van der Waals surface area contributed by atoms with E-state index in [2.05, 4.69) is 17.1 Å². The van der Waals surface area contributed by atoms with Crippen LogP contribution in [-0.2, 0) is 0 Å². The number of nitrogens with zero attached hydrogens (tertiary/aromatic N) is 1. The number of rotatable bonds is 5. The topological polar surface area (TPSA) is 41.3 Å². The summed E-state index contributed by atoms with van der Waals surface area (Å²) in [5.74, 6) is 0.876. The summed E-state index contributed by atoms with van der Waals surface area (Å²) >= 11 is 0. The molecule has 0 spiro atoms. The molecule has 88 valence electrons. The summed E-state index contributed by atoms with van der Waals surface area (Å²) in [5.41, 5.74) is 5.64. The van der Waals surface area contributed by atoms with Crippen LogP contribution in [0.1, 0.15) is 32.6 Å². The van der Waals surface area contributed by atoms with Crippen molar-refractivity contribution in [1.29, 1.82) is 0 Å². The third-order valence-electron chi connectivity index (χ3n) is 3.68. The van der Waals surface area contributed by atoms with Crippen LogP contribution in [-0.4, -0.2) is 43.2 Å². The standard InChI is InChI=1S/C12H25N3/c1-2-10-7-12(14-11-3-4-11)9-15(8-10)6-5-13/h10-12,14H,2-9,13H2,1H3. The number of nitrogens with one attached hydrogen (secondary N) is 1. The zero-order valence-electron chi connectivity index (χ0n) is 9.91. The quantitative estimate of drug-likeness (QED) is 0.707. The molecule has 15 heavy (non-hydrogen) atoms. The van der Waals surface area contributed by atoms with E-state index >= 15 is 0 Å². The lowest BCUT2D eigenvalue weighted by Crippen LogP contribution is -2.50. The van der Waals surface area contributed by atoms with Crippen molar-refractivity contribution in [2.45, 2.75) is 44.7 Å². The molecule has 1 aliphatic heterocycles. The van der Waals surface area contributed by atoms with Gasteiger partial charge in [-0.05, 0) is 25.2 Å². The predicted octanol–water partition coefficient (Wildman–Crippen LogP) is 0.798. The molecule has 1 heterocycles. The minimum Gasteiger partial charge on any atom is -0.329 e. The zero-order chi connectivity index (χ0) is 10.7. The van der Waals surface area contributed by atoms with Gasteiger partial charge in [-0.3, -0.25) is 0 Å². The van der Waals surface area contributed by atoms with Gasteiger partial charge < -0.3 is 16.0 Å². The Bertz CT molecular complexity index is 191. The first-order valence-corrected chi connectivity index (χ1v) is 6.50. The highest BCUT2D eigenvalue weighted by atomic mass is 15.2. The van der Waals surface area contributed by atoms with Crippen LogP contribution >= 0.6 is 0 Å². The van der Waals surface area contributed by atoms with Crippen LogP contribution in [0, 0.1) is 5.92 Å². The Kier molecular flexibility index (Phi) is 4.00. The second-order valence-electron chi connectivity index (χ2n) is 5.20. The first-order chi connectivity index (χ1) is 7.31. The van der Waals surface area contributed by atoms with Crippen LogP contribution < -0.4 is 11.1 Å². The first-order valence-electron chi connectivity index (χ1n) is 6.50. The molecular formula is C12H25N3. The van der Waals surface area contributed by atoms with Gasteiger partial charge in [-0.25, -0.2) is 0 Å². The van der Waals surface area contributed by atoms with Crippen molar-refractivity contribution >= 4 is 0 Å². The van der Waals surface area contributed by atoms with Gasteiger partial charge in [0.2, 0.25) is 0 Å². The number of nitrogens with two attached hydrogens (primary N) is 1. The molecule has 2 aliphatic rings. The lowest BCUT2D eigenvalue weighted by Gasteiger charge is -2.38. The summed E-state index contributed by atoms with van der Waals surface area (Å²) in [6.07, 6.45) is 5.46. The molecule has 3 N–H and O–H groups in total. The molecule has 2 rings (SSSR count). The Balaban J connectivity index is 1.81. The van der Waals surface area contributed by atoms with E-state index in [1.54, 1.807) is 0 Å². The van der Waals surface area contributed by atoms with Crippen molar-refractivity contribution in [2.75, 3.05) is 26.2 Å². The van der Waals surface area contributed by atoms with Crippen LogP contribution in [0.15, 0.2) is 0 Å². The molecule has 3 heteroatoms. The van der Waals surface area contributed by atoms with E-state index in [1.807, 2.05) is 0 Å². The second kappa shape index (κ2) is 5.28. The summed E-state index contributed by atoms with van der Waals surface area (Å²) in [7, 11) is 0. The summed E-state index contributed by atoms with van der Waals surface area (Å²) < 4.78 is 0. The molecule has 1 saturated carbocycles. The third-order valence-corrected chi connectivity index (χ3v) is 3.68. The molecule has 1 aliphatic carbocycles. The molecule has 0 aromatic heterocycles. The molecule has 0 radical (unpaired) electrons. The monoisotopic (exact) mass is 211 g/mol. The minimum absolute atomic E-state index is 0.725. The van der Waals surface area contributed by atoms with Gasteiger partial charge in [0.05, 0.1) is 0 Å². The average molecular weight is 211 g/mol. The normalized spacial score (nSPS) is 33.2. The Morgan fingerprint density at radius 1 is 1.27 bits per heavy atom. The minimum atomic E-state index is 0.725. The summed E-state index contributed by atoms with van der Waals surface area (Å²) in [6.45, 7) is 6.65. The van der Waals surface area contributed by atoms with Gasteiger partial charge in [0.15, 0.2) is 0 Å². The molecule has 0 aromatic rings. The molecule has 3 nitrogen and oxygen atoms in total. The van der Waals surface area contributed by atoms with Gasteiger partial charge in [-0.1, -0.05) is 13.3 Å². The van der Waals surface area contributed by atoms with Gasteiger partial charge in [0.1, 0.15) is 0 Å². The van der Waals surface area contributed by atoms with Gasteiger partial charge in [0.25, 0.3) is 0 Å². The second-order valence-corrected chi connectivity index (χ2v) is 5.20. The third kappa shape index (κ3) is 3.44. The van der Waals surface area contributed by atoms with Crippen molar-refractivity contribution in [3.05, 3.63) is 0 Å². The summed E-state index contributed by atoms with van der Waals surface area (Å²) in [5, 5.41) is 3.76. The SMILES string of the molecule is CCC1CC(NC2CC2)CN(CCN)C1. The lowest BCUT2D eigenvalue weighted by atomic mass is 9.92. The van der Waals surface area contributed by atoms with Crippen molar-refractivity contribution in [3.8, 4) is 0 Å². The molecule has 1 saturated heterocycles. The molecule has 2 unspecified atom stereocenters. The summed E-state index contributed by atoms with van der Waals surface area (Å²) in [6, 6.07) is 1.56. The highest BCUT2D eigenvalue weighted by Gasteiger charge is 2.30. The van der Waals surface area contributed by atoms with E-state index in [0.717, 1.165) is 31.1 Å². The number of hydrogen-bond donors (Lipinski definition) is 2. The van der Waals surface area contributed by atoms with Gasteiger partial charge in [0, 0.05) is 38.3 Å². The maximum absolute atomic E-state index is 5.64. The van der Waals surface area contributed by atoms with Crippen LogP contribution in [0.3, 0.4) is 0 Å². The molecule has 2 fully saturated rings. The highest BCUT2D eigenvalue weighted by Crippen LogP contribution is 2.24. The van der Waals surface area contributed by atoms with E-state index in [4.69, 9.17) is 5.73 Å². The maximum Gasteiger partial charge on any atom is 0.0200 e. The van der Waals surface area contributed by atoms with Crippen LogP contribution in [0.4, 0.5) is 0 Å². The van der Waals surface area contributed by atoms with E-state index in [1.165, 1.54) is 38.8 Å². The van der Waals surface area contributed by atoms with Crippen molar-refractivity contribution in [2.24, 2.45) is 11.7 Å². The average Bonchev–Trinajstić information content (AvgIpc) is 3.02. The van der Waals surface area contributed by atoms with Gasteiger partial charge in [-0.15, -0.1) is 0 Å². The number of hydrogen-bond acceptors (Lipinski definition) is 3. The van der Waals surface area contributed by atoms with Crippen LogP contribution in [0.2, 0.25) is 0 Å². The van der Waals surface area contributed by atoms with E-state index in [-0.39, 0.29) is 0 Å². The highest BCUT2D eigenvalue weighted by molar-refractivity contribution is 4.90. The Morgan fingerprint density at radius 2 is 2.07 bits per heavy atom. The zero-order valence-corrected chi connectivity index (χ0v) is 9.91. The van der Waals surface area contributed by atoms with Crippen molar-refractivity contribution in [1.82, 2.24) is 10.2 Å². The van der Waals surface area contributed by atoms with Crippen LogP contribution in [0.5, 0.6) is 0 Å². The fourth-order valence-electron chi connectivity index (χ4n) is 2.67. The predicted molar refractivity (Wildman–Crippen MR) is 63.8 cm³/mol. The molecule has 0 amide bonds. The van der Waals surface area contributed by atoms with Gasteiger partial charge >= 0.3 is 0 Å². The fourth-order valence-corrected chi connectivity index (χ4v) is 2.67. The first kappa shape index (κ1) is 11.4. The molecule has 0 bridgehead atoms. The molecular weight excluding hydrogens is 186 g/mol. The molecule has 0 aromatic carbocycles. The number of piperidine rings is 1. The van der Waals surface area contributed by atoms with E-state index < -0.39 is 0 Å². The van der Waals surface area contributed by atoms with E-state index in [0.29, 0.717) is 0 Å².